The third-order valence-electron chi connectivity index (χ3n) is 5.22. The van der Waals surface area contributed by atoms with Crippen molar-refractivity contribution >= 4 is 22.7 Å². The fourth-order valence-electron chi connectivity index (χ4n) is 4.44. The molecule has 0 bridgehead atoms. The smallest absolute Gasteiger partial charge is 0.154 e. The van der Waals surface area contributed by atoms with E-state index in [2.05, 4.69) is 92.8 Å². The first-order valence-electron chi connectivity index (χ1n) is 11.1. The van der Waals surface area contributed by atoms with Crippen LogP contribution in [0.4, 0.5) is 11.6 Å². The average molecular weight is 408 g/mol. The van der Waals surface area contributed by atoms with Crippen molar-refractivity contribution < 1.29 is 0 Å². The Labute approximate surface area is 181 Å². The molecule has 5 nitrogen and oxygen atoms in total. The van der Waals surface area contributed by atoms with E-state index in [0.29, 0.717) is 5.82 Å². The minimum Gasteiger partial charge on any atom is -0.382 e. The number of imidazole rings is 1. The number of nitrogens with two attached hydrogens (primary N) is 1. The van der Waals surface area contributed by atoms with Crippen molar-refractivity contribution in [3.63, 3.8) is 0 Å². The molecule has 0 saturated carbocycles. The van der Waals surface area contributed by atoms with Crippen LogP contribution < -0.4 is 11.1 Å². The molecule has 0 aliphatic heterocycles. The summed E-state index contributed by atoms with van der Waals surface area (Å²) in [4.78, 5) is 9.54. The molecule has 0 unspecified atom stereocenters. The number of nitrogens with zero attached hydrogens (tertiary/aromatic N) is 3. The molecule has 3 aromatic rings. The standard InChI is InChI=1S/C25H37N5/c1-7-8-14-21-28-22-19(30(21)16-18-12-10-9-11-13-18)15-20(27-23(22)26)29-25(5,6)17-24(2,3)4/h9-13,15H,7-8,14,16-17H2,1-6H3,(H3,26,27,29). The second kappa shape index (κ2) is 8.66. The first-order valence-corrected chi connectivity index (χ1v) is 11.1. The normalized spacial score (nSPS) is 12.5. The van der Waals surface area contributed by atoms with Crippen LogP contribution in [0.5, 0.6) is 0 Å². The molecule has 0 spiro atoms. The van der Waals surface area contributed by atoms with Crippen LogP contribution in [0.15, 0.2) is 36.4 Å². The zero-order chi connectivity index (χ0) is 21.9. The number of pyridine rings is 1. The van der Waals surface area contributed by atoms with Crippen LogP contribution in [0.25, 0.3) is 11.0 Å². The molecule has 0 fully saturated rings. The first kappa shape index (κ1) is 22.1. The minimum absolute atomic E-state index is 0.0965. The lowest BCUT2D eigenvalue weighted by atomic mass is 9.82. The van der Waals surface area contributed by atoms with Gasteiger partial charge in [-0.15, -0.1) is 0 Å². The van der Waals surface area contributed by atoms with E-state index in [4.69, 9.17) is 10.7 Å². The second-order valence-corrected chi connectivity index (χ2v) is 10.2. The van der Waals surface area contributed by atoms with E-state index < -0.39 is 0 Å². The lowest BCUT2D eigenvalue weighted by Gasteiger charge is -2.33. The molecule has 162 valence electrons. The summed E-state index contributed by atoms with van der Waals surface area (Å²) in [5.74, 6) is 2.38. The summed E-state index contributed by atoms with van der Waals surface area (Å²) in [7, 11) is 0. The highest BCUT2D eigenvalue weighted by molar-refractivity contribution is 5.88. The fourth-order valence-corrected chi connectivity index (χ4v) is 4.44. The van der Waals surface area contributed by atoms with Crippen LogP contribution in [0.3, 0.4) is 0 Å². The van der Waals surface area contributed by atoms with Gasteiger partial charge in [0.05, 0.1) is 5.52 Å². The predicted molar refractivity (Wildman–Crippen MR) is 128 cm³/mol. The highest BCUT2D eigenvalue weighted by Gasteiger charge is 2.26. The van der Waals surface area contributed by atoms with Gasteiger partial charge in [0.15, 0.2) is 5.82 Å². The Morgan fingerprint density at radius 3 is 2.37 bits per heavy atom. The Morgan fingerprint density at radius 1 is 1.03 bits per heavy atom. The summed E-state index contributed by atoms with van der Waals surface area (Å²) in [5.41, 5.74) is 9.61. The summed E-state index contributed by atoms with van der Waals surface area (Å²) in [6, 6.07) is 12.6. The van der Waals surface area contributed by atoms with Gasteiger partial charge in [-0.2, -0.15) is 0 Å². The van der Waals surface area contributed by atoms with Crippen LogP contribution in [0, 0.1) is 5.41 Å². The lowest BCUT2D eigenvalue weighted by Crippen LogP contribution is -2.35. The van der Waals surface area contributed by atoms with Gasteiger partial charge in [-0.1, -0.05) is 64.4 Å². The minimum atomic E-state index is -0.0965. The number of benzene rings is 1. The highest BCUT2D eigenvalue weighted by Crippen LogP contribution is 2.31. The third kappa shape index (κ3) is 5.53. The number of nitrogen functional groups attached to an aromatic ring is 1. The Hall–Kier alpha value is -2.56. The molecule has 0 aliphatic carbocycles. The average Bonchev–Trinajstić information content (AvgIpc) is 2.96. The van der Waals surface area contributed by atoms with Crippen molar-refractivity contribution in [1.29, 1.82) is 0 Å². The van der Waals surface area contributed by atoms with Gasteiger partial charge in [0, 0.05) is 24.6 Å². The lowest BCUT2D eigenvalue weighted by molar-refractivity contribution is 0.302. The molecule has 2 heterocycles. The number of unbranched alkanes of at least 4 members (excludes halogenated alkanes) is 1. The number of aromatic nitrogens is 3. The van der Waals surface area contributed by atoms with E-state index in [9.17, 15) is 0 Å². The van der Waals surface area contributed by atoms with Crippen LogP contribution in [-0.4, -0.2) is 20.1 Å². The van der Waals surface area contributed by atoms with E-state index >= 15 is 0 Å². The van der Waals surface area contributed by atoms with Crippen molar-refractivity contribution in [3.8, 4) is 0 Å². The molecule has 30 heavy (non-hydrogen) atoms. The van der Waals surface area contributed by atoms with Crippen molar-refractivity contribution in [2.24, 2.45) is 5.41 Å². The van der Waals surface area contributed by atoms with Crippen molar-refractivity contribution in [3.05, 3.63) is 47.8 Å². The molecule has 3 N–H and O–H groups in total. The van der Waals surface area contributed by atoms with Crippen LogP contribution >= 0.6 is 0 Å². The summed E-state index contributed by atoms with van der Waals surface area (Å²) >= 11 is 0. The number of hydrogen-bond acceptors (Lipinski definition) is 4. The van der Waals surface area contributed by atoms with Crippen molar-refractivity contribution in [2.45, 2.75) is 79.3 Å². The zero-order valence-electron chi connectivity index (χ0n) is 19.4. The van der Waals surface area contributed by atoms with Gasteiger partial charge in [0.25, 0.3) is 0 Å². The molecule has 1 aromatic carbocycles. The molecule has 0 atom stereocenters. The Kier molecular flexibility index (Phi) is 6.39. The van der Waals surface area contributed by atoms with Gasteiger partial charge in [-0.3, -0.25) is 0 Å². The number of fused-ring (bicyclic) bond motifs is 1. The summed E-state index contributed by atoms with van der Waals surface area (Å²) in [5, 5.41) is 3.62. The van der Waals surface area contributed by atoms with Crippen molar-refractivity contribution in [1.82, 2.24) is 14.5 Å². The molecule has 0 aliphatic rings. The quantitative estimate of drug-likeness (QED) is 0.478. The number of hydrogen-bond donors (Lipinski definition) is 2. The fraction of sp³-hybridized carbons (Fsp3) is 0.520. The predicted octanol–water partition coefficient (Wildman–Crippen LogP) is 6.03. The van der Waals surface area contributed by atoms with Gasteiger partial charge >= 0.3 is 0 Å². The van der Waals surface area contributed by atoms with Gasteiger partial charge in [0.2, 0.25) is 0 Å². The Balaban J connectivity index is 2.03. The largest absolute Gasteiger partial charge is 0.382 e. The van der Waals surface area contributed by atoms with E-state index in [0.717, 1.165) is 54.9 Å². The zero-order valence-corrected chi connectivity index (χ0v) is 19.4. The van der Waals surface area contributed by atoms with E-state index in [1.54, 1.807) is 0 Å². The summed E-state index contributed by atoms with van der Waals surface area (Å²) in [6.45, 7) is 14.2. The number of nitrogens with one attached hydrogen (secondary N) is 1. The maximum absolute atomic E-state index is 6.38. The monoisotopic (exact) mass is 407 g/mol. The second-order valence-electron chi connectivity index (χ2n) is 10.2. The molecule has 0 radical (unpaired) electrons. The molecule has 0 saturated heterocycles. The topological polar surface area (TPSA) is 68.8 Å². The van der Waals surface area contributed by atoms with E-state index in [-0.39, 0.29) is 11.0 Å². The molecule has 5 heteroatoms. The third-order valence-corrected chi connectivity index (χ3v) is 5.22. The van der Waals surface area contributed by atoms with E-state index in [1.807, 2.05) is 0 Å². The van der Waals surface area contributed by atoms with Gasteiger partial charge in [-0.25, -0.2) is 9.97 Å². The van der Waals surface area contributed by atoms with Gasteiger partial charge < -0.3 is 15.6 Å². The molecule has 3 rings (SSSR count). The van der Waals surface area contributed by atoms with Crippen LogP contribution in [0.2, 0.25) is 0 Å². The molecular formula is C25H37N5. The maximum atomic E-state index is 6.38. The Bertz CT molecular complexity index is 980. The van der Waals surface area contributed by atoms with Crippen LogP contribution in [0.1, 0.15) is 72.2 Å². The highest BCUT2D eigenvalue weighted by atomic mass is 15.1. The summed E-state index contributed by atoms with van der Waals surface area (Å²) in [6.07, 6.45) is 4.20. The number of anilines is 2. The van der Waals surface area contributed by atoms with E-state index in [1.165, 1.54) is 5.56 Å². The summed E-state index contributed by atoms with van der Waals surface area (Å²) < 4.78 is 2.31. The van der Waals surface area contributed by atoms with Gasteiger partial charge in [-0.05, 0) is 37.7 Å². The number of aryl methyl sites for hydroxylation is 1. The molecule has 2 aromatic heterocycles. The SMILES string of the molecule is CCCCc1nc2c(N)nc(NC(C)(C)CC(C)(C)C)cc2n1Cc1ccccc1. The van der Waals surface area contributed by atoms with Crippen molar-refractivity contribution in [2.75, 3.05) is 11.1 Å². The number of rotatable bonds is 8. The Morgan fingerprint density at radius 2 is 1.73 bits per heavy atom. The molecule has 0 amide bonds. The van der Waals surface area contributed by atoms with Gasteiger partial charge in [0.1, 0.15) is 17.2 Å². The maximum Gasteiger partial charge on any atom is 0.154 e. The molecular weight excluding hydrogens is 370 g/mol. The van der Waals surface area contributed by atoms with Crippen LogP contribution in [-0.2, 0) is 13.0 Å². The first-order chi connectivity index (χ1) is 14.1.